The first-order valence-corrected chi connectivity index (χ1v) is 9.24. The molecule has 3 rings (SSSR count). The van der Waals surface area contributed by atoms with Crippen molar-refractivity contribution in [3.63, 3.8) is 0 Å². The highest BCUT2D eigenvalue weighted by atomic mass is 35.5. The number of ether oxygens (including phenoxy) is 2. The first-order valence-electron chi connectivity index (χ1n) is 8.86. The molecule has 2 N–H and O–H groups in total. The summed E-state index contributed by atoms with van der Waals surface area (Å²) in [5.74, 6) is -11.4. The molecule has 3 aromatic carbocycles. The number of hydrogen-bond acceptors (Lipinski definition) is 4. The fourth-order valence-corrected chi connectivity index (χ4v) is 2.80. The van der Waals surface area contributed by atoms with Gasteiger partial charge in [-0.2, -0.15) is 0 Å². The van der Waals surface area contributed by atoms with E-state index in [0.717, 1.165) is 0 Å². The van der Waals surface area contributed by atoms with Gasteiger partial charge >= 0.3 is 0 Å². The molecule has 32 heavy (non-hydrogen) atoms. The summed E-state index contributed by atoms with van der Waals surface area (Å²) in [5.41, 5.74) is 2.84. The number of benzene rings is 3. The normalized spacial score (nSPS) is 10.6. The van der Waals surface area contributed by atoms with Crippen molar-refractivity contribution in [3.8, 4) is 11.5 Å². The number of hydrogen-bond donors (Lipinski definition) is 2. The lowest BCUT2D eigenvalue weighted by atomic mass is 10.2. The Morgan fingerprint density at radius 2 is 1.53 bits per heavy atom. The van der Waals surface area contributed by atoms with Gasteiger partial charge in [0.1, 0.15) is 12.3 Å². The molecule has 168 valence electrons. The fraction of sp³-hybridized carbons (Fsp3) is 0.0952. The molecule has 0 spiro atoms. The molecule has 5 nitrogen and oxygen atoms in total. The van der Waals surface area contributed by atoms with Gasteiger partial charge in [0, 0.05) is 16.1 Å². The third kappa shape index (κ3) is 4.70. The average molecular weight is 473 g/mol. The van der Waals surface area contributed by atoms with Gasteiger partial charge in [-0.1, -0.05) is 29.8 Å². The van der Waals surface area contributed by atoms with Crippen LogP contribution >= 0.6 is 11.6 Å². The molecule has 0 fully saturated rings. The number of amides is 1. The van der Waals surface area contributed by atoms with Gasteiger partial charge in [0.2, 0.25) is 5.82 Å². The summed E-state index contributed by atoms with van der Waals surface area (Å²) >= 11 is 6.07. The van der Waals surface area contributed by atoms with Gasteiger partial charge < -0.3 is 9.47 Å². The van der Waals surface area contributed by atoms with Crippen molar-refractivity contribution in [2.75, 3.05) is 12.5 Å². The van der Waals surface area contributed by atoms with Crippen LogP contribution in [0.2, 0.25) is 5.02 Å². The van der Waals surface area contributed by atoms with Gasteiger partial charge in [0.05, 0.1) is 7.11 Å². The van der Waals surface area contributed by atoms with E-state index in [1.165, 1.54) is 25.3 Å². The quantitative estimate of drug-likeness (QED) is 0.210. The van der Waals surface area contributed by atoms with Crippen molar-refractivity contribution in [3.05, 3.63) is 87.7 Å². The SMILES string of the molecule is COc1cc(C(=O)NNc2c(F)c(F)c(F)c(F)c2F)ccc1OCc1ccccc1Cl. The molecule has 0 bridgehead atoms. The monoisotopic (exact) mass is 472 g/mol. The van der Waals surface area contributed by atoms with Gasteiger partial charge in [-0.15, -0.1) is 0 Å². The zero-order valence-corrected chi connectivity index (χ0v) is 17.0. The van der Waals surface area contributed by atoms with Gasteiger partial charge in [-0.3, -0.25) is 15.6 Å². The Balaban J connectivity index is 1.73. The number of carbonyl (C=O) groups is 1. The third-order valence-corrected chi connectivity index (χ3v) is 4.65. The lowest BCUT2D eigenvalue weighted by Gasteiger charge is -2.14. The second-order valence-electron chi connectivity index (χ2n) is 6.27. The van der Waals surface area contributed by atoms with E-state index in [1.54, 1.807) is 29.7 Å². The minimum absolute atomic E-state index is 0.0525. The van der Waals surface area contributed by atoms with Crippen LogP contribution in [0.3, 0.4) is 0 Å². The summed E-state index contributed by atoms with van der Waals surface area (Å²) < 4.78 is 77.9. The zero-order chi connectivity index (χ0) is 23.4. The van der Waals surface area contributed by atoms with Crippen LogP contribution in [0.1, 0.15) is 15.9 Å². The molecule has 0 radical (unpaired) electrons. The maximum Gasteiger partial charge on any atom is 0.269 e. The zero-order valence-electron chi connectivity index (χ0n) is 16.2. The standard InChI is InChI=1S/C21H14ClF5N2O3/c1-31-14-8-10(6-7-13(14)32-9-11-4-2-3-5-12(11)22)21(30)29-28-20-18(26)16(24)15(23)17(25)19(20)27/h2-8,28H,9H2,1H3,(H,29,30). The summed E-state index contributed by atoms with van der Waals surface area (Å²) in [7, 11) is 1.33. The van der Waals surface area contributed by atoms with E-state index in [-0.39, 0.29) is 23.7 Å². The van der Waals surface area contributed by atoms with Crippen LogP contribution in [0.15, 0.2) is 42.5 Å². The molecule has 0 atom stereocenters. The van der Waals surface area contributed by atoms with Crippen molar-refractivity contribution >= 4 is 23.2 Å². The number of halogens is 6. The number of anilines is 1. The molecule has 0 unspecified atom stereocenters. The van der Waals surface area contributed by atoms with Gasteiger partial charge in [-0.25, -0.2) is 22.0 Å². The predicted octanol–water partition coefficient (Wildman–Crippen LogP) is 5.38. The lowest BCUT2D eigenvalue weighted by molar-refractivity contribution is 0.0962. The summed E-state index contributed by atoms with van der Waals surface area (Å²) in [6, 6.07) is 11.0. The molecule has 0 aliphatic carbocycles. The number of carbonyl (C=O) groups excluding carboxylic acids is 1. The molecule has 3 aromatic rings. The molecule has 0 saturated carbocycles. The first kappa shape index (κ1) is 23.1. The number of rotatable bonds is 7. The second kappa shape index (κ2) is 9.73. The highest BCUT2D eigenvalue weighted by Gasteiger charge is 2.26. The van der Waals surface area contributed by atoms with E-state index in [0.29, 0.717) is 10.6 Å². The highest BCUT2D eigenvalue weighted by molar-refractivity contribution is 6.31. The van der Waals surface area contributed by atoms with Gasteiger partial charge in [0.15, 0.2) is 34.8 Å². The average Bonchev–Trinajstić information content (AvgIpc) is 2.80. The van der Waals surface area contributed by atoms with Crippen LogP contribution < -0.4 is 20.3 Å². The molecule has 1 amide bonds. The molecule has 0 saturated heterocycles. The fourth-order valence-electron chi connectivity index (χ4n) is 2.61. The highest BCUT2D eigenvalue weighted by Crippen LogP contribution is 2.30. The lowest BCUT2D eigenvalue weighted by Crippen LogP contribution is -2.31. The van der Waals surface area contributed by atoms with Crippen molar-refractivity contribution in [2.24, 2.45) is 0 Å². The van der Waals surface area contributed by atoms with Crippen LogP contribution in [0.4, 0.5) is 27.6 Å². The Morgan fingerprint density at radius 1 is 0.906 bits per heavy atom. The van der Waals surface area contributed by atoms with E-state index < -0.39 is 40.7 Å². The van der Waals surface area contributed by atoms with Crippen molar-refractivity contribution < 1.29 is 36.2 Å². The number of hydrazine groups is 1. The molecular formula is C21H14ClF5N2O3. The maximum absolute atomic E-state index is 13.7. The van der Waals surface area contributed by atoms with Crippen molar-refractivity contribution in [1.29, 1.82) is 0 Å². The molecule has 0 aliphatic heterocycles. The minimum Gasteiger partial charge on any atom is -0.493 e. The van der Waals surface area contributed by atoms with Gasteiger partial charge in [-0.05, 0) is 24.3 Å². The van der Waals surface area contributed by atoms with E-state index in [2.05, 4.69) is 0 Å². The van der Waals surface area contributed by atoms with E-state index >= 15 is 0 Å². The second-order valence-corrected chi connectivity index (χ2v) is 6.68. The number of methoxy groups -OCH3 is 1. The molecule has 11 heteroatoms. The number of nitrogens with one attached hydrogen (secondary N) is 2. The predicted molar refractivity (Wildman–Crippen MR) is 106 cm³/mol. The van der Waals surface area contributed by atoms with Crippen molar-refractivity contribution in [2.45, 2.75) is 6.61 Å². The molecular weight excluding hydrogens is 459 g/mol. The Kier molecular flexibility index (Phi) is 7.04. The van der Waals surface area contributed by atoms with Crippen LogP contribution in [0, 0.1) is 29.1 Å². The van der Waals surface area contributed by atoms with Crippen LogP contribution in [-0.2, 0) is 6.61 Å². The Labute approximate surface area is 183 Å². The van der Waals surface area contributed by atoms with Crippen LogP contribution in [-0.4, -0.2) is 13.0 Å². The summed E-state index contributed by atoms with van der Waals surface area (Å²) in [5, 5.41) is 0.502. The summed E-state index contributed by atoms with van der Waals surface area (Å²) in [4.78, 5) is 12.3. The van der Waals surface area contributed by atoms with E-state index in [9.17, 15) is 26.7 Å². The maximum atomic E-state index is 13.7. The van der Waals surface area contributed by atoms with E-state index in [4.69, 9.17) is 21.1 Å². The van der Waals surface area contributed by atoms with Crippen LogP contribution in [0.5, 0.6) is 11.5 Å². The van der Waals surface area contributed by atoms with E-state index in [1.807, 2.05) is 5.43 Å². The summed E-state index contributed by atoms with van der Waals surface area (Å²) in [6.07, 6.45) is 0. The third-order valence-electron chi connectivity index (χ3n) is 4.28. The smallest absolute Gasteiger partial charge is 0.269 e. The Morgan fingerprint density at radius 3 is 2.16 bits per heavy atom. The summed E-state index contributed by atoms with van der Waals surface area (Å²) in [6.45, 7) is 0.114. The Hall–Kier alpha value is -3.53. The van der Waals surface area contributed by atoms with Crippen molar-refractivity contribution in [1.82, 2.24) is 5.43 Å². The molecule has 0 heterocycles. The first-order chi connectivity index (χ1) is 15.2. The topological polar surface area (TPSA) is 59.6 Å². The molecule has 0 aliphatic rings. The van der Waals surface area contributed by atoms with Gasteiger partial charge in [0.25, 0.3) is 5.91 Å². The Bertz CT molecular complexity index is 1150. The largest absolute Gasteiger partial charge is 0.493 e. The molecule has 0 aromatic heterocycles. The minimum atomic E-state index is -2.31. The van der Waals surface area contributed by atoms with Crippen LogP contribution in [0.25, 0.3) is 0 Å².